The van der Waals surface area contributed by atoms with Gasteiger partial charge in [-0.05, 0) is 47.9 Å². The molecule has 0 N–H and O–H groups in total. The fraction of sp³-hybridized carbons (Fsp3) is 0.297. The fourth-order valence-electron chi connectivity index (χ4n) is 5.31. The molecule has 0 unspecified atom stereocenters. The molecule has 6 aromatic rings. The van der Waals surface area contributed by atoms with E-state index < -0.39 is 5.41 Å². The van der Waals surface area contributed by atoms with Crippen molar-refractivity contribution < 1.29 is 21.1 Å². The molecule has 42 heavy (non-hydrogen) atoms. The van der Waals surface area contributed by atoms with Gasteiger partial charge in [0.25, 0.3) is 0 Å². The average molecular weight is 734 g/mol. The third-order valence-electron chi connectivity index (χ3n) is 8.15. The van der Waals surface area contributed by atoms with Crippen LogP contribution in [0.2, 0.25) is 0 Å². The van der Waals surface area contributed by atoms with Gasteiger partial charge in [0.1, 0.15) is 0 Å². The molecular weight excluding hydrogens is 696 g/mol. The summed E-state index contributed by atoms with van der Waals surface area (Å²) in [5.74, 6) is 1.75. The Morgan fingerprint density at radius 2 is 0.929 bits per heavy atom. The van der Waals surface area contributed by atoms with Gasteiger partial charge in [0.05, 0.1) is 11.6 Å². The summed E-state index contributed by atoms with van der Waals surface area (Å²) in [6.07, 6.45) is 6.86. The summed E-state index contributed by atoms with van der Waals surface area (Å²) in [5.41, 5.74) is 6.03. The zero-order valence-corrected chi connectivity index (χ0v) is 28.0. The number of fused-ring (bicyclic) bond motifs is 2. The van der Waals surface area contributed by atoms with Crippen molar-refractivity contribution >= 4 is 21.8 Å². The Bertz CT molecular complexity index is 1760. The summed E-state index contributed by atoms with van der Waals surface area (Å²) in [6.45, 7) is 18.0. The summed E-state index contributed by atoms with van der Waals surface area (Å²) >= 11 is 0. The van der Waals surface area contributed by atoms with E-state index in [1.807, 2.05) is 12.1 Å². The van der Waals surface area contributed by atoms with Crippen molar-refractivity contribution in [3.63, 3.8) is 0 Å². The average Bonchev–Trinajstić information content (AvgIpc) is 3.56. The van der Waals surface area contributed by atoms with E-state index in [1.165, 1.54) is 11.1 Å². The molecule has 0 bridgehead atoms. The van der Waals surface area contributed by atoms with Crippen molar-refractivity contribution in [3.05, 3.63) is 120 Å². The van der Waals surface area contributed by atoms with E-state index in [-0.39, 0.29) is 31.9 Å². The van der Waals surface area contributed by atoms with Gasteiger partial charge in [-0.1, -0.05) is 114 Å². The van der Waals surface area contributed by atoms with Crippen LogP contribution in [0.25, 0.3) is 33.4 Å². The van der Waals surface area contributed by atoms with Crippen LogP contribution in [0.5, 0.6) is 0 Å². The normalized spacial score (nSPS) is 12.6. The van der Waals surface area contributed by atoms with Gasteiger partial charge in [-0.2, -0.15) is 0 Å². The van der Waals surface area contributed by atoms with E-state index in [9.17, 15) is 0 Å². The number of para-hydroxylation sites is 2. The second kappa shape index (κ2) is 10.7. The predicted molar refractivity (Wildman–Crippen MR) is 169 cm³/mol. The number of nitrogens with zero attached hydrogens (tertiary/aromatic N) is 4. The smallest absolute Gasteiger partial charge is 0.429 e. The molecule has 0 atom stereocenters. The van der Waals surface area contributed by atoms with Gasteiger partial charge in [0.2, 0.25) is 0 Å². The van der Waals surface area contributed by atoms with Gasteiger partial charge in [0, 0.05) is 16.8 Å². The number of rotatable bonds is 4. The van der Waals surface area contributed by atoms with Crippen molar-refractivity contribution in [2.45, 2.75) is 71.6 Å². The van der Waals surface area contributed by atoms with E-state index in [4.69, 9.17) is 9.97 Å². The van der Waals surface area contributed by atoms with Gasteiger partial charge in [0.15, 0.2) is 0 Å². The second-order valence-electron chi connectivity index (χ2n) is 13.7. The van der Waals surface area contributed by atoms with Crippen LogP contribution in [0.4, 0.5) is 0 Å². The van der Waals surface area contributed by atoms with Gasteiger partial charge in [-0.25, -0.2) is 0 Å². The predicted octanol–water partition coefficient (Wildman–Crippen LogP) is 8.88. The maximum absolute atomic E-state index is 5.30. The molecule has 0 aliphatic carbocycles. The molecule has 0 fully saturated rings. The van der Waals surface area contributed by atoms with E-state index >= 15 is 0 Å². The van der Waals surface area contributed by atoms with E-state index in [0.29, 0.717) is 0 Å². The van der Waals surface area contributed by atoms with Crippen molar-refractivity contribution in [2.75, 3.05) is 0 Å². The van der Waals surface area contributed by atoms with Crippen LogP contribution in [-0.2, 0) is 37.3 Å². The van der Waals surface area contributed by atoms with E-state index in [1.54, 1.807) is 0 Å². The molecule has 0 radical (unpaired) electrons. The third kappa shape index (κ3) is 5.38. The Morgan fingerprint density at radius 3 is 1.31 bits per heavy atom. The molecule has 0 saturated heterocycles. The van der Waals surface area contributed by atoms with Crippen LogP contribution >= 0.6 is 0 Å². The first kappa shape index (κ1) is 30.0. The molecule has 4 nitrogen and oxygen atoms in total. The molecule has 216 valence electrons. The van der Waals surface area contributed by atoms with Crippen LogP contribution in [0.3, 0.4) is 0 Å². The maximum Gasteiger partial charge on any atom is 2.00 e. The fourth-order valence-corrected chi connectivity index (χ4v) is 5.31. The molecule has 0 aliphatic heterocycles. The SMILES string of the molecule is CC(C)(C)c1cc(-n2[c-]cc3ccccc32)nc(C(C)(C)c2cc(C(C)(C)C)cc(-n3[c-]cc4ccccc43)n2)c1.[Pt+2]. The first-order valence-electron chi connectivity index (χ1n) is 14.4. The summed E-state index contributed by atoms with van der Waals surface area (Å²) in [7, 11) is 0. The summed E-state index contributed by atoms with van der Waals surface area (Å²) < 4.78 is 4.16. The van der Waals surface area contributed by atoms with Crippen LogP contribution in [0.1, 0.15) is 77.9 Å². The summed E-state index contributed by atoms with van der Waals surface area (Å²) in [5, 5.41) is 2.30. The number of hydrogen-bond donors (Lipinski definition) is 0. The van der Waals surface area contributed by atoms with Crippen LogP contribution in [0, 0.1) is 12.4 Å². The quantitative estimate of drug-likeness (QED) is 0.170. The van der Waals surface area contributed by atoms with Gasteiger partial charge in [-0.3, -0.25) is 9.97 Å². The Labute approximate surface area is 264 Å². The molecule has 0 saturated carbocycles. The monoisotopic (exact) mass is 733 g/mol. The minimum atomic E-state index is -0.474. The molecule has 0 spiro atoms. The third-order valence-corrected chi connectivity index (χ3v) is 8.15. The minimum absolute atomic E-state index is 0. The summed E-state index contributed by atoms with van der Waals surface area (Å²) in [4.78, 5) is 10.6. The molecule has 0 amide bonds. The molecule has 5 heteroatoms. The number of hydrogen-bond acceptors (Lipinski definition) is 2. The Kier molecular flexibility index (Phi) is 7.60. The Hall–Kier alpha value is -3.49. The zero-order chi connectivity index (χ0) is 29.2. The molecular formula is C37H38N4Pt. The number of pyridine rings is 2. The molecule has 4 aromatic heterocycles. The number of aromatic nitrogens is 4. The molecule has 2 aromatic carbocycles. The first-order chi connectivity index (χ1) is 19.3. The van der Waals surface area contributed by atoms with Gasteiger partial charge in [-0.15, -0.1) is 35.0 Å². The minimum Gasteiger partial charge on any atom is -0.429 e. The van der Waals surface area contributed by atoms with Crippen molar-refractivity contribution in [2.24, 2.45) is 0 Å². The topological polar surface area (TPSA) is 35.6 Å². The van der Waals surface area contributed by atoms with Crippen molar-refractivity contribution in [1.29, 1.82) is 0 Å². The molecule has 0 aliphatic rings. The van der Waals surface area contributed by atoms with E-state index in [0.717, 1.165) is 44.8 Å². The number of benzene rings is 2. The summed E-state index contributed by atoms with van der Waals surface area (Å²) in [6, 6.07) is 29.7. The Balaban J connectivity index is 0.00000353. The molecule has 4 heterocycles. The van der Waals surface area contributed by atoms with Crippen LogP contribution < -0.4 is 0 Å². The molecule has 6 rings (SSSR count). The van der Waals surface area contributed by atoms with Crippen molar-refractivity contribution in [3.8, 4) is 11.6 Å². The van der Waals surface area contributed by atoms with E-state index in [2.05, 4.69) is 150 Å². The van der Waals surface area contributed by atoms with Gasteiger partial charge < -0.3 is 9.13 Å². The largest absolute Gasteiger partial charge is 2.00 e. The maximum atomic E-state index is 5.30. The van der Waals surface area contributed by atoms with Crippen molar-refractivity contribution in [1.82, 2.24) is 19.1 Å². The van der Waals surface area contributed by atoms with Crippen LogP contribution in [-0.4, -0.2) is 19.1 Å². The zero-order valence-electron chi connectivity index (χ0n) is 25.7. The second-order valence-corrected chi connectivity index (χ2v) is 13.7. The Morgan fingerprint density at radius 1 is 0.548 bits per heavy atom. The van der Waals surface area contributed by atoms with Gasteiger partial charge >= 0.3 is 21.1 Å². The standard InChI is InChI=1S/C37H38N4.Pt/c1-35(2,3)27-21-31(38-33(23-27)40-19-17-25-13-9-11-15-29(25)40)37(7,8)32-22-28(36(4,5)6)24-34(39-32)41-20-18-26-14-10-12-16-30(26)41;/h9-18,21-24H,1-8H3;/q-2;+2. The van der Waals surface area contributed by atoms with Crippen LogP contribution in [0.15, 0.2) is 84.9 Å². The first-order valence-corrected chi connectivity index (χ1v) is 14.4.